The summed E-state index contributed by atoms with van der Waals surface area (Å²) in [4.78, 5) is 0. The highest BCUT2D eigenvalue weighted by Crippen LogP contribution is 2.40. The van der Waals surface area contributed by atoms with Crippen molar-refractivity contribution in [1.29, 1.82) is 0 Å². The van der Waals surface area contributed by atoms with Gasteiger partial charge in [-0.2, -0.15) is 0 Å². The number of benzene rings is 4. The quantitative estimate of drug-likeness (QED) is 0.286. The van der Waals surface area contributed by atoms with E-state index >= 15 is 0 Å². The molecular weight excluding hydrogens is 346 g/mol. The number of aromatic nitrogens is 1. The van der Waals surface area contributed by atoms with Crippen LogP contribution < -0.4 is 0 Å². The molecule has 2 heteroatoms. The van der Waals surface area contributed by atoms with Crippen molar-refractivity contribution >= 4 is 53.3 Å². The molecule has 6 rings (SSSR count). The van der Waals surface area contributed by atoms with Crippen molar-refractivity contribution in [1.82, 2.24) is 4.57 Å². The zero-order valence-corrected chi connectivity index (χ0v) is 15.8. The van der Waals surface area contributed by atoms with Crippen LogP contribution in [-0.2, 0) is 0 Å². The van der Waals surface area contributed by atoms with Crippen LogP contribution in [0.2, 0.25) is 0 Å². The summed E-state index contributed by atoms with van der Waals surface area (Å²) >= 11 is 1.89. The number of hydrogen-bond acceptors (Lipinski definition) is 1. The highest BCUT2D eigenvalue weighted by atomic mass is 32.1. The Bertz CT molecular complexity index is 1480. The van der Waals surface area contributed by atoms with Crippen molar-refractivity contribution in [2.75, 3.05) is 0 Å². The van der Waals surface area contributed by atoms with Crippen molar-refractivity contribution in [3.63, 3.8) is 0 Å². The average Bonchev–Trinajstić information content (AvgIpc) is 3.23. The zero-order chi connectivity index (χ0) is 18.0. The molecule has 0 N–H and O–H groups in total. The maximum atomic E-state index is 2.44. The number of hydrogen-bond donors (Lipinski definition) is 0. The van der Waals surface area contributed by atoms with Crippen LogP contribution in [0.4, 0.5) is 0 Å². The maximum Gasteiger partial charge on any atom is 0.0640 e. The van der Waals surface area contributed by atoms with Crippen LogP contribution in [0.1, 0.15) is 5.56 Å². The van der Waals surface area contributed by atoms with Crippen LogP contribution in [-0.4, -0.2) is 4.57 Å². The van der Waals surface area contributed by atoms with E-state index in [0.29, 0.717) is 0 Å². The van der Waals surface area contributed by atoms with E-state index in [1.807, 2.05) is 11.3 Å². The van der Waals surface area contributed by atoms with Gasteiger partial charge in [0, 0.05) is 26.2 Å². The SMILES string of the molecule is Cc1ccc2c3ccccc3n(-c3cccc4c3sc3ccccc34)c2c1. The minimum Gasteiger partial charge on any atom is -0.308 e. The molecule has 128 valence electrons. The maximum absolute atomic E-state index is 2.44. The van der Waals surface area contributed by atoms with Gasteiger partial charge in [-0.1, -0.05) is 60.7 Å². The van der Waals surface area contributed by atoms with Crippen molar-refractivity contribution in [2.45, 2.75) is 6.92 Å². The molecule has 1 nitrogen and oxygen atoms in total. The second-order valence-corrected chi connectivity index (χ2v) is 8.18. The van der Waals surface area contributed by atoms with Crippen LogP contribution in [0.3, 0.4) is 0 Å². The first kappa shape index (κ1) is 15.0. The number of thiophene rings is 1. The molecule has 0 bridgehead atoms. The van der Waals surface area contributed by atoms with Gasteiger partial charge in [0.05, 0.1) is 21.4 Å². The summed E-state index contributed by atoms with van der Waals surface area (Å²) in [6.07, 6.45) is 0. The molecule has 0 amide bonds. The normalized spacial score (nSPS) is 11.9. The highest BCUT2D eigenvalue weighted by molar-refractivity contribution is 7.26. The Kier molecular flexibility index (Phi) is 3.03. The van der Waals surface area contributed by atoms with Gasteiger partial charge in [-0.25, -0.2) is 0 Å². The zero-order valence-electron chi connectivity index (χ0n) is 14.9. The van der Waals surface area contributed by atoms with Crippen molar-refractivity contribution in [2.24, 2.45) is 0 Å². The van der Waals surface area contributed by atoms with E-state index in [0.717, 1.165) is 0 Å². The summed E-state index contributed by atoms with van der Waals surface area (Å²) in [7, 11) is 0. The van der Waals surface area contributed by atoms with E-state index in [4.69, 9.17) is 0 Å². The largest absolute Gasteiger partial charge is 0.308 e. The molecule has 0 radical (unpaired) electrons. The molecule has 0 atom stereocenters. The molecule has 0 aliphatic heterocycles. The van der Waals surface area contributed by atoms with E-state index < -0.39 is 0 Å². The molecule has 2 heterocycles. The van der Waals surface area contributed by atoms with E-state index in [1.165, 1.54) is 53.2 Å². The number of nitrogens with zero attached hydrogens (tertiary/aromatic N) is 1. The summed E-state index contributed by atoms with van der Waals surface area (Å²) in [5.41, 5.74) is 5.10. The summed E-state index contributed by atoms with van der Waals surface area (Å²) in [6, 6.07) is 30.9. The molecule has 2 aromatic heterocycles. The van der Waals surface area contributed by atoms with Crippen LogP contribution in [0.25, 0.3) is 47.7 Å². The molecule has 0 saturated heterocycles. The van der Waals surface area contributed by atoms with Gasteiger partial charge in [-0.05, 0) is 36.8 Å². The topological polar surface area (TPSA) is 4.93 Å². The number of para-hydroxylation sites is 1. The molecule has 6 aromatic rings. The third-order valence-corrected chi connectivity index (χ3v) is 6.66. The molecule has 0 unspecified atom stereocenters. The number of rotatable bonds is 1. The highest BCUT2D eigenvalue weighted by Gasteiger charge is 2.15. The fourth-order valence-electron chi connectivity index (χ4n) is 4.25. The monoisotopic (exact) mass is 363 g/mol. The Morgan fingerprint density at radius 2 is 1.37 bits per heavy atom. The molecule has 4 aromatic carbocycles. The Morgan fingerprint density at radius 1 is 0.630 bits per heavy atom. The van der Waals surface area contributed by atoms with Gasteiger partial charge in [-0.15, -0.1) is 11.3 Å². The molecular formula is C25H17NS. The van der Waals surface area contributed by atoms with Crippen LogP contribution in [0.5, 0.6) is 0 Å². The molecule has 0 aliphatic carbocycles. The molecule has 0 aliphatic rings. The first-order valence-electron chi connectivity index (χ1n) is 9.22. The fourth-order valence-corrected chi connectivity index (χ4v) is 5.45. The van der Waals surface area contributed by atoms with Gasteiger partial charge in [0.2, 0.25) is 0 Å². The Hall–Kier alpha value is -3.10. The Balaban J connectivity index is 1.84. The third-order valence-electron chi connectivity index (χ3n) is 5.45. The first-order chi connectivity index (χ1) is 13.3. The smallest absolute Gasteiger partial charge is 0.0640 e. The van der Waals surface area contributed by atoms with Gasteiger partial charge in [0.1, 0.15) is 0 Å². The Labute approximate surface area is 161 Å². The van der Waals surface area contributed by atoms with Gasteiger partial charge >= 0.3 is 0 Å². The first-order valence-corrected chi connectivity index (χ1v) is 10.0. The predicted octanol–water partition coefficient (Wildman–Crippen LogP) is 7.46. The third kappa shape index (κ3) is 2.05. The number of fused-ring (bicyclic) bond motifs is 6. The lowest BCUT2D eigenvalue weighted by Gasteiger charge is -2.09. The fraction of sp³-hybridized carbons (Fsp3) is 0.0400. The standard InChI is InChI=1S/C25H17NS/c1-16-13-14-18-17-7-2-4-10-21(17)26(23(18)15-16)22-11-6-9-20-19-8-3-5-12-24(19)27-25(20)22/h2-15H,1H3. The lowest BCUT2D eigenvalue weighted by Crippen LogP contribution is -1.94. The molecule has 27 heavy (non-hydrogen) atoms. The minimum absolute atomic E-state index is 1.27. The van der Waals surface area contributed by atoms with Crippen LogP contribution in [0.15, 0.2) is 84.9 Å². The van der Waals surface area contributed by atoms with Crippen LogP contribution >= 0.6 is 11.3 Å². The lowest BCUT2D eigenvalue weighted by atomic mass is 10.1. The van der Waals surface area contributed by atoms with Gasteiger partial charge in [0.25, 0.3) is 0 Å². The summed E-state index contributed by atoms with van der Waals surface area (Å²) in [5, 5.41) is 5.31. The van der Waals surface area contributed by atoms with E-state index in [2.05, 4.69) is 96.4 Å². The molecule has 0 fully saturated rings. The second kappa shape index (κ2) is 5.45. The lowest BCUT2D eigenvalue weighted by molar-refractivity contribution is 1.20. The van der Waals surface area contributed by atoms with Gasteiger partial charge in [0.15, 0.2) is 0 Å². The Morgan fingerprint density at radius 3 is 2.30 bits per heavy atom. The summed E-state index contributed by atoms with van der Waals surface area (Å²) < 4.78 is 5.13. The predicted molar refractivity (Wildman–Crippen MR) is 118 cm³/mol. The second-order valence-electron chi connectivity index (χ2n) is 7.13. The average molecular weight is 363 g/mol. The van der Waals surface area contributed by atoms with Crippen molar-refractivity contribution < 1.29 is 0 Å². The van der Waals surface area contributed by atoms with Crippen molar-refractivity contribution in [3.8, 4) is 5.69 Å². The van der Waals surface area contributed by atoms with Gasteiger partial charge < -0.3 is 4.57 Å². The van der Waals surface area contributed by atoms with Crippen molar-refractivity contribution in [3.05, 3.63) is 90.5 Å². The van der Waals surface area contributed by atoms with E-state index in [-0.39, 0.29) is 0 Å². The van der Waals surface area contributed by atoms with Crippen LogP contribution in [0, 0.1) is 6.92 Å². The summed E-state index contributed by atoms with van der Waals surface area (Å²) in [5.74, 6) is 0. The number of aryl methyl sites for hydroxylation is 1. The van der Waals surface area contributed by atoms with E-state index in [1.54, 1.807) is 0 Å². The molecule has 0 saturated carbocycles. The minimum atomic E-state index is 1.27. The van der Waals surface area contributed by atoms with Gasteiger partial charge in [-0.3, -0.25) is 0 Å². The summed E-state index contributed by atoms with van der Waals surface area (Å²) in [6.45, 7) is 2.17. The van der Waals surface area contributed by atoms with E-state index in [9.17, 15) is 0 Å². The molecule has 0 spiro atoms.